The first kappa shape index (κ1) is 16.8. The molecule has 2 fully saturated rings. The van der Waals surface area contributed by atoms with Crippen LogP contribution in [-0.4, -0.2) is 90.5 Å². The fourth-order valence-corrected chi connectivity index (χ4v) is 3.09. The van der Waals surface area contributed by atoms with Gasteiger partial charge >= 0.3 is 5.69 Å². The van der Waals surface area contributed by atoms with Gasteiger partial charge in [0.05, 0.1) is 24.7 Å². The van der Waals surface area contributed by atoms with Gasteiger partial charge < -0.3 is 19.6 Å². The van der Waals surface area contributed by atoms with Crippen LogP contribution in [0.1, 0.15) is 0 Å². The number of β-amino-alcohol motifs (C(OH)–C–C–N with tert-alkyl or cyclic N) is 1. The topological polar surface area (TPSA) is 108 Å². The van der Waals surface area contributed by atoms with Crippen molar-refractivity contribution in [3.8, 4) is 0 Å². The number of nitrogens with zero attached hydrogens (tertiary/aromatic N) is 6. The van der Waals surface area contributed by atoms with Crippen LogP contribution >= 0.6 is 0 Å². The average Bonchev–Trinajstić information content (AvgIpc) is 2.62. The van der Waals surface area contributed by atoms with E-state index in [4.69, 9.17) is 9.84 Å². The Morgan fingerprint density at radius 1 is 1.08 bits per heavy atom. The first-order valence-electron chi connectivity index (χ1n) is 8.11. The van der Waals surface area contributed by atoms with Gasteiger partial charge in [0.25, 0.3) is 0 Å². The van der Waals surface area contributed by atoms with E-state index in [2.05, 4.69) is 14.9 Å². The van der Waals surface area contributed by atoms with Gasteiger partial charge in [-0.1, -0.05) is 0 Å². The zero-order chi connectivity index (χ0) is 16.9. The summed E-state index contributed by atoms with van der Waals surface area (Å²) in [5.74, 6) is 0.742. The van der Waals surface area contributed by atoms with E-state index in [9.17, 15) is 10.1 Å². The molecule has 0 saturated carbocycles. The van der Waals surface area contributed by atoms with E-state index in [1.165, 1.54) is 6.33 Å². The zero-order valence-electron chi connectivity index (χ0n) is 13.5. The van der Waals surface area contributed by atoms with Gasteiger partial charge in [-0.15, -0.1) is 0 Å². The lowest BCUT2D eigenvalue weighted by atomic mass is 10.2. The van der Waals surface area contributed by atoms with E-state index in [0.717, 1.165) is 13.1 Å². The van der Waals surface area contributed by atoms with Gasteiger partial charge in [-0.3, -0.25) is 15.0 Å². The van der Waals surface area contributed by atoms with Crippen LogP contribution in [0.25, 0.3) is 0 Å². The molecule has 0 atom stereocenters. The van der Waals surface area contributed by atoms with Crippen molar-refractivity contribution in [3.05, 3.63) is 16.4 Å². The predicted molar refractivity (Wildman–Crippen MR) is 87.5 cm³/mol. The first-order chi connectivity index (χ1) is 11.7. The molecule has 10 nitrogen and oxygen atoms in total. The van der Waals surface area contributed by atoms with Crippen molar-refractivity contribution < 1.29 is 14.8 Å². The maximum Gasteiger partial charge on any atom is 0.353 e. The van der Waals surface area contributed by atoms with E-state index in [1.54, 1.807) is 0 Å². The SMILES string of the molecule is O=[N+]([O-])c1c(N2CCOCC2)ncnc1N1CCN(CCO)CC1. The van der Waals surface area contributed by atoms with Crippen molar-refractivity contribution in [1.29, 1.82) is 0 Å². The second kappa shape index (κ2) is 7.69. The molecule has 0 aromatic carbocycles. The number of nitro groups is 1. The summed E-state index contributed by atoms with van der Waals surface area (Å²) < 4.78 is 5.31. The number of aromatic nitrogens is 2. The van der Waals surface area contributed by atoms with Crippen LogP contribution in [0.15, 0.2) is 6.33 Å². The Morgan fingerprint density at radius 3 is 2.21 bits per heavy atom. The van der Waals surface area contributed by atoms with Crippen LogP contribution in [0.3, 0.4) is 0 Å². The molecular formula is C14H22N6O4. The number of ether oxygens (including phenoxy) is 1. The number of aliphatic hydroxyl groups is 1. The number of hydrogen-bond donors (Lipinski definition) is 1. The van der Waals surface area contributed by atoms with E-state index in [0.29, 0.717) is 57.6 Å². The molecule has 2 aliphatic heterocycles. The van der Waals surface area contributed by atoms with E-state index >= 15 is 0 Å². The third-order valence-electron chi connectivity index (χ3n) is 4.36. The lowest BCUT2D eigenvalue weighted by molar-refractivity contribution is -0.383. The Balaban J connectivity index is 1.84. The van der Waals surface area contributed by atoms with E-state index < -0.39 is 0 Å². The molecule has 0 spiro atoms. The first-order valence-corrected chi connectivity index (χ1v) is 8.11. The largest absolute Gasteiger partial charge is 0.395 e. The minimum absolute atomic E-state index is 0.0324. The van der Waals surface area contributed by atoms with Crippen molar-refractivity contribution in [3.63, 3.8) is 0 Å². The smallest absolute Gasteiger partial charge is 0.353 e. The molecule has 24 heavy (non-hydrogen) atoms. The highest BCUT2D eigenvalue weighted by atomic mass is 16.6. The maximum absolute atomic E-state index is 11.7. The summed E-state index contributed by atoms with van der Waals surface area (Å²) in [4.78, 5) is 25.6. The number of hydrogen-bond acceptors (Lipinski definition) is 9. The van der Waals surface area contributed by atoms with Gasteiger partial charge in [0, 0.05) is 45.8 Å². The standard InChI is InChI=1S/C14H22N6O4/c21-8-5-17-1-3-18(4-2-17)13-12(20(22)23)14(16-11-15-13)19-6-9-24-10-7-19/h11,21H,1-10H2. The number of morpholine rings is 1. The molecule has 2 saturated heterocycles. The summed E-state index contributed by atoms with van der Waals surface area (Å²) in [7, 11) is 0. The van der Waals surface area contributed by atoms with Crippen LogP contribution < -0.4 is 9.80 Å². The Morgan fingerprint density at radius 2 is 1.67 bits per heavy atom. The molecule has 3 heterocycles. The molecule has 10 heteroatoms. The van der Waals surface area contributed by atoms with Crippen LogP contribution in [0.4, 0.5) is 17.3 Å². The number of anilines is 2. The maximum atomic E-state index is 11.7. The van der Waals surface area contributed by atoms with Crippen LogP contribution in [-0.2, 0) is 4.74 Å². The van der Waals surface area contributed by atoms with Crippen molar-refractivity contribution in [2.45, 2.75) is 0 Å². The highest BCUT2D eigenvalue weighted by molar-refractivity contribution is 5.71. The van der Waals surface area contributed by atoms with Crippen LogP contribution in [0.2, 0.25) is 0 Å². The molecule has 0 radical (unpaired) electrons. The van der Waals surface area contributed by atoms with Gasteiger partial charge in [-0.2, -0.15) is 0 Å². The quantitative estimate of drug-likeness (QED) is 0.552. The number of piperazine rings is 1. The van der Waals surface area contributed by atoms with Crippen LogP contribution in [0.5, 0.6) is 0 Å². The lowest BCUT2D eigenvalue weighted by Crippen LogP contribution is -2.47. The van der Waals surface area contributed by atoms with E-state index in [1.807, 2.05) is 9.80 Å². The molecule has 1 aromatic rings. The normalized spacial score (nSPS) is 19.5. The zero-order valence-corrected chi connectivity index (χ0v) is 13.5. The minimum atomic E-state index is -0.389. The summed E-state index contributed by atoms with van der Waals surface area (Å²) >= 11 is 0. The molecule has 0 unspecified atom stereocenters. The number of rotatable bonds is 5. The highest BCUT2D eigenvalue weighted by Gasteiger charge is 2.32. The Kier molecular flexibility index (Phi) is 5.38. The lowest BCUT2D eigenvalue weighted by Gasteiger charge is -2.35. The summed E-state index contributed by atoms with van der Waals surface area (Å²) in [5.41, 5.74) is -0.0324. The molecule has 0 aliphatic carbocycles. The molecule has 0 amide bonds. The van der Waals surface area contributed by atoms with E-state index in [-0.39, 0.29) is 17.2 Å². The summed E-state index contributed by atoms with van der Waals surface area (Å²) in [6.45, 7) is 5.76. The van der Waals surface area contributed by atoms with Crippen molar-refractivity contribution >= 4 is 17.3 Å². The molecule has 0 bridgehead atoms. The molecule has 132 valence electrons. The molecule has 2 aliphatic rings. The van der Waals surface area contributed by atoms with Gasteiger partial charge in [0.1, 0.15) is 6.33 Å². The minimum Gasteiger partial charge on any atom is -0.395 e. The Labute approximate surface area is 139 Å². The number of aliphatic hydroxyl groups excluding tert-OH is 1. The monoisotopic (exact) mass is 338 g/mol. The second-order valence-corrected chi connectivity index (χ2v) is 5.78. The molecule has 1 aromatic heterocycles. The fraction of sp³-hybridized carbons (Fsp3) is 0.714. The average molecular weight is 338 g/mol. The Bertz CT molecular complexity index is 572. The summed E-state index contributed by atoms with van der Waals surface area (Å²) in [5, 5.41) is 20.7. The van der Waals surface area contributed by atoms with Gasteiger partial charge in [-0.05, 0) is 0 Å². The van der Waals surface area contributed by atoms with Gasteiger partial charge in [-0.25, -0.2) is 9.97 Å². The highest BCUT2D eigenvalue weighted by Crippen LogP contribution is 2.34. The Hall–Kier alpha value is -2.04. The molecule has 1 N–H and O–H groups in total. The van der Waals surface area contributed by atoms with Crippen molar-refractivity contribution in [2.24, 2.45) is 0 Å². The van der Waals surface area contributed by atoms with Crippen molar-refractivity contribution in [2.75, 3.05) is 75.4 Å². The molecule has 3 rings (SSSR count). The second-order valence-electron chi connectivity index (χ2n) is 5.78. The fourth-order valence-electron chi connectivity index (χ4n) is 3.09. The third-order valence-corrected chi connectivity index (χ3v) is 4.36. The summed E-state index contributed by atoms with van der Waals surface area (Å²) in [6, 6.07) is 0. The van der Waals surface area contributed by atoms with Gasteiger partial charge in [0.15, 0.2) is 0 Å². The molecular weight excluding hydrogens is 316 g/mol. The van der Waals surface area contributed by atoms with Crippen LogP contribution in [0, 0.1) is 10.1 Å². The predicted octanol–water partition coefficient (Wildman–Crippen LogP) is -0.664. The third kappa shape index (κ3) is 3.55. The van der Waals surface area contributed by atoms with Crippen molar-refractivity contribution in [1.82, 2.24) is 14.9 Å². The van der Waals surface area contributed by atoms with Gasteiger partial charge in [0.2, 0.25) is 11.6 Å². The summed E-state index contributed by atoms with van der Waals surface area (Å²) in [6.07, 6.45) is 1.40.